The normalized spacial score (nSPS) is 11.0. The second kappa shape index (κ2) is 7.66. The lowest BCUT2D eigenvalue weighted by Gasteiger charge is -2.07. The molecule has 2 aromatic heterocycles. The first-order valence-corrected chi connectivity index (χ1v) is 9.02. The summed E-state index contributed by atoms with van der Waals surface area (Å²) in [5, 5.41) is 11.1. The number of aromatic nitrogens is 1. The average molecular weight is 324 g/mol. The Balaban J connectivity index is 1.78. The monoisotopic (exact) mass is 324 g/mol. The van der Waals surface area contributed by atoms with E-state index in [1.165, 1.54) is 5.56 Å². The second-order valence-electron chi connectivity index (χ2n) is 5.10. The molecule has 0 saturated heterocycles. The molecule has 1 N–H and O–H groups in total. The highest BCUT2D eigenvalue weighted by atomic mass is 32.2. The molecule has 0 atom stereocenters. The maximum Gasteiger partial charge on any atom is 0.256 e. The zero-order chi connectivity index (χ0) is 15.2. The summed E-state index contributed by atoms with van der Waals surface area (Å²) in [6, 6.07) is 2.13. The summed E-state index contributed by atoms with van der Waals surface area (Å²) in [4.78, 5) is 12.2. The van der Waals surface area contributed by atoms with Gasteiger partial charge in [-0.3, -0.25) is 4.79 Å². The molecule has 0 aromatic carbocycles. The maximum absolute atomic E-state index is 12.2. The van der Waals surface area contributed by atoms with Crippen LogP contribution in [0.15, 0.2) is 21.3 Å². The van der Waals surface area contributed by atoms with E-state index in [9.17, 15) is 4.79 Å². The lowest BCUT2D eigenvalue weighted by Crippen LogP contribution is -2.27. The van der Waals surface area contributed by atoms with Crippen molar-refractivity contribution in [1.82, 2.24) is 10.5 Å². The van der Waals surface area contributed by atoms with Crippen molar-refractivity contribution in [3.05, 3.63) is 39.4 Å². The largest absolute Gasteiger partial charge is 0.360 e. The van der Waals surface area contributed by atoms with E-state index in [4.69, 9.17) is 4.52 Å². The molecule has 0 aliphatic carbocycles. The van der Waals surface area contributed by atoms with Crippen LogP contribution < -0.4 is 5.32 Å². The number of carbonyl (C=O) groups excluding carboxylic acids is 1. The van der Waals surface area contributed by atoms with Crippen LogP contribution in [0, 0.1) is 6.92 Å². The number of nitrogens with one attached hydrogen (secondary N) is 1. The second-order valence-corrected chi connectivity index (χ2v) is 6.99. The summed E-state index contributed by atoms with van der Waals surface area (Å²) in [6.07, 6.45) is 0. The molecule has 0 bridgehead atoms. The van der Waals surface area contributed by atoms with Crippen LogP contribution in [-0.4, -0.2) is 23.4 Å². The van der Waals surface area contributed by atoms with Gasteiger partial charge in [0.05, 0.1) is 5.69 Å². The number of thiophene rings is 1. The summed E-state index contributed by atoms with van der Waals surface area (Å²) in [6.45, 7) is 6.44. The molecule has 2 heterocycles. The molecule has 0 radical (unpaired) electrons. The summed E-state index contributed by atoms with van der Waals surface area (Å²) in [5.74, 6) is 2.61. The quantitative estimate of drug-likeness (QED) is 0.786. The van der Waals surface area contributed by atoms with Gasteiger partial charge in [0.1, 0.15) is 5.56 Å². The van der Waals surface area contributed by atoms with Crippen molar-refractivity contribution in [3.63, 3.8) is 0 Å². The highest BCUT2D eigenvalue weighted by Crippen LogP contribution is 2.22. The van der Waals surface area contributed by atoms with Gasteiger partial charge in [0, 0.05) is 24.0 Å². The molecule has 6 heteroatoms. The van der Waals surface area contributed by atoms with E-state index in [1.54, 1.807) is 18.3 Å². The molecule has 0 unspecified atom stereocenters. The van der Waals surface area contributed by atoms with E-state index < -0.39 is 0 Å². The molecule has 2 aromatic rings. The minimum absolute atomic E-state index is 0.0893. The van der Waals surface area contributed by atoms with Crippen LogP contribution in [0.4, 0.5) is 0 Å². The van der Waals surface area contributed by atoms with Gasteiger partial charge >= 0.3 is 0 Å². The van der Waals surface area contributed by atoms with E-state index in [-0.39, 0.29) is 11.8 Å². The van der Waals surface area contributed by atoms with Gasteiger partial charge in [0.2, 0.25) is 0 Å². The number of rotatable bonds is 7. The third-order valence-electron chi connectivity index (χ3n) is 3.02. The van der Waals surface area contributed by atoms with E-state index in [0.717, 1.165) is 11.5 Å². The molecule has 21 heavy (non-hydrogen) atoms. The minimum atomic E-state index is -0.0893. The van der Waals surface area contributed by atoms with Crippen LogP contribution in [0.2, 0.25) is 0 Å². The summed E-state index contributed by atoms with van der Waals surface area (Å²) < 4.78 is 5.24. The Morgan fingerprint density at radius 2 is 2.33 bits per heavy atom. The maximum atomic E-state index is 12.2. The van der Waals surface area contributed by atoms with Gasteiger partial charge in [0.25, 0.3) is 5.91 Å². The van der Waals surface area contributed by atoms with Crippen molar-refractivity contribution in [2.24, 2.45) is 0 Å². The lowest BCUT2D eigenvalue weighted by atomic mass is 10.0. The first-order chi connectivity index (χ1) is 10.1. The van der Waals surface area contributed by atoms with Crippen LogP contribution in [-0.2, 0) is 5.75 Å². The molecule has 114 valence electrons. The van der Waals surface area contributed by atoms with Crippen LogP contribution in [0.3, 0.4) is 0 Å². The zero-order valence-corrected chi connectivity index (χ0v) is 14.1. The van der Waals surface area contributed by atoms with Gasteiger partial charge in [0.15, 0.2) is 5.76 Å². The molecule has 0 aliphatic rings. The molecule has 4 nitrogen and oxygen atoms in total. The number of aryl methyl sites for hydroxylation is 1. The predicted octanol–water partition coefficient (Wildman–Crippen LogP) is 3.83. The van der Waals surface area contributed by atoms with Crippen molar-refractivity contribution >= 4 is 29.0 Å². The molecule has 0 spiro atoms. The zero-order valence-electron chi connectivity index (χ0n) is 12.5. The Bertz CT molecular complexity index is 577. The van der Waals surface area contributed by atoms with E-state index in [2.05, 4.69) is 27.3 Å². The third-order valence-corrected chi connectivity index (χ3v) is 4.78. The molecule has 0 saturated carbocycles. The van der Waals surface area contributed by atoms with E-state index >= 15 is 0 Å². The van der Waals surface area contributed by atoms with Gasteiger partial charge in [-0.15, -0.1) is 0 Å². The topological polar surface area (TPSA) is 55.1 Å². The fraction of sp³-hybridized carbons (Fsp3) is 0.467. The van der Waals surface area contributed by atoms with E-state index in [1.807, 2.05) is 25.6 Å². The molecular formula is C15H20N2O2S2. The Hall–Kier alpha value is -1.27. The SMILES string of the molecule is Cc1noc(C(C)C)c1C(=O)NCCSCc1ccsc1. The molecule has 0 aliphatic heterocycles. The van der Waals surface area contributed by atoms with Crippen molar-refractivity contribution in [2.45, 2.75) is 32.4 Å². The van der Waals surface area contributed by atoms with Gasteiger partial charge in [-0.2, -0.15) is 23.1 Å². The summed E-state index contributed by atoms with van der Waals surface area (Å²) in [7, 11) is 0. The Morgan fingerprint density at radius 3 is 3.00 bits per heavy atom. The van der Waals surface area contributed by atoms with Gasteiger partial charge in [-0.1, -0.05) is 19.0 Å². The number of amides is 1. The van der Waals surface area contributed by atoms with Crippen molar-refractivity contribution in [1.29, 1.82) is 0 Å². The first-order valence-electron chi connectivity index (χ1n) is 6.92. The minimum Gasteiger partial charge on any atom is -0.360 e. The molecule has 2 rings (SSSR count). The van der Waals surface area contributed by atoms with Crippen molar-refractivity contribution < 1.29 is 9.32 Å². The van der Waals surface area contributed by atoms with Crippen LogP contribution in [0.25, 0.3) is 0 Å². The fourth-order valence-corrected chi connectivity index (χ4v) is 3.53. The number of thioether (sulfide) groups is 1. The Kier molecular flexibility index (Phi) is 5.87. The average Bonchev–Trinajstić information content (AvgIpc) is 3.07. The lowest BCUT2D eigenvalue weighted by molar-refractivity contribution is 0.0953. The smallest absolute Gasteiger partial charge is 0.256 e. The Morgan fingerprint density at radius 1 is 1.52 bits per heavy atom. The predicted molar refractivity (Wildman–Crippen MR) is 88.1 cm³/mol. The first kappa shape index (κ1) is 16.1. The molecular weight excluding hydrogens is 304 g/mol. The molecule has 1 amide bonds. The number of carbonyl (C=O) groups is 1. The van der Waals surface area contributed by atoms with Gasteiger partial charge in [-0.05, 0) is 29.3 Å². The fourth-order valence-electron chi connectivity index (χ4n) is 1.95. The number of hydrogen-bond donors (Lipinski definition) is 1. The van der Waals surface area contributed by atoms with Crippen LogP contribution >= 0.6 is 23.1 Å². The molecule has 0 fully saturated rings. The number of nitrogens with zero attached hydrogens (tertiary/aromatic N) is 1. The standard InChI is InChI=1S/C15H20N2O2S2/c1-10(2)14-13(11(3)17-19-14)15(18)16-5-7-21-9-12-4-6-20-8-12/h4,6,8,10H,5,7,9H2,1-3H3,(H,16,18). The van der Waals surface area contributed by atoms with Gasteiger partial charge < -0.3 is 9.84 Å². The van der Waals surface area contributed by atoms with E-state index in [0.29, 0.717) is 23.6 Å². The Labute approximate surface area is 133 Å². The van der Waals surface area contributed by atoms with Crippen molar-refractivity contribution in [2.75, 3.05) is 12.3 Å². The van der Waals surface area contributed by atoms with Crippen LogP contribution in [0.1, 0.15) is 47.1 Å². The highest BCUT2D eigenvalue weighted by Gasteiger charge is 2.21. The summed E-state index contributed by atoms with van der Waals surface area (Å²) >= 11 is 3.53. The van der Waals surface area contributed by atoms with Crippen LogP contribution in [0.5, 0.6) is 0 Å². The summed E-state index contributed by atoms with van der Waals surface area (Å²) in [5.41, 5.74) is 2.59. The highest BCUT2D eigenvalue weighted by molar-refractivity contribution is 7.98. The number of hydrogen-bond acceptors (Lipinski definition) is 5. The van der Waals surface area contributed by atoms with Crippen molar-refractivity contribution in [3.8, 4) is 0 Å². The van der Waals surface area contributed by atoms with Gasteiger partial charge in [-0.25, -0.2) is 0 Å². The third kappa shape index (κ3) is 4.35.